The molecule has 0 aliphatic heterocycles. The number of halogens is 1. The minimum absolute atomic E-state index is 0.187. The van der Waals surface area contributed by atoms with Gasteiger partial charge in [-0.1, -0.05) is 27.2 Å². The summed E-state index contributed by atoms with van der Waals surface area (Å²) in [6.45, 7) is 2.94. The Balaban J connectivity index is 2.79. The van der Waals surface area contributed by atoms with Crippen molar-refractivity contribution in [2.75, 3.05) is 0 Å². The summed E-state index contributed by atoms with van der Waals surface area (Å²) >= 11 is 5.63. The summed E-state index contributed by atoms with van der Waals surface area (Å²) < 4.78 is 11.6. The first-order valence-corrected chi connectivity index (χ1v) is 7.98. The van der Waals surface area contributed by atoms with Crippen molar-refractivity contribution in [2.24, 2.45) is 17.8 Å². The molecule has 0 aromatic carbocycles. The van der Waals surface area contributed by atoms with Crippen LogP contribution in [0.2, 0.25) is 0 Å². The lowest BCUT2D eigenvalue weighted by atomic mass is 9.77. The Labute approximate surface area is 91.3 Å². The molecule has 14 heavy (non-hydrogen) atoms. The van der Waals surface area contributed by atoms with E-state index < -0.39 is 6.72 Å². The van der Waals surface area contributed by atoms with Gasteiger partial charge in [-0.05, 0) is 41.8 Å². The molecule has 1 aliphatic carbocycles. The quantitative estimate of drug-likeness (QED) is 0.742. The third-order valence-electron chi connectivity index (χ3n) is 3.40. The third-order valence-corrected chi connectivity index (χ3v) is 5.56. The molecular formula is C10H20ClO2P. The van der Waals surface area contributed by atoms with Crippen LogP contribution in [-0.2, 0) is 4.57 Å². The summed E-state index contributed by atoms with van der Waals surface area (Å²) in [5, 5.41) is 0. The molecule has 0 aromatic heterocycles. The van der Waals surface area contributed by atoms with Crippen LogP contribution in [0, 0.1) is 17.8 Å². The summed E-state index contributed by atoms with van der Waals surface area (Å²) in [7, 11) is 0. The maximum Gasteiger partial charge on any atom is 0.290 e. The van der Waals surface area contributed by atoms with Crippen molar-refractivity contribution in [2.45, 2.75) is 45.7 Å². The number of rotatable bonds is 2. The van der Waals surface area contributed by atoms with Gasteiger partial charge in [-0.2, -0.15) is 0 Å². The van der Waals surface area contributed by atoms with E-state index in [2.05, 4.69) is 20.8 Å². The highest BCUT2D eigenvalue weighted by Crippen LogP contribution is 2.59. The van der Waals surface area contributed by atoms with Gasteiger partial charge < -0.3 is 4.89 Å². The van der Waals surface area contributed by atoms with E-state index in [1.165, 1.54) is 0 Å². The molecule has 4 atom stereocenters. The Hall–Kier alpha value is 0.480. The van der Waals surface area contributed by atoms with Crippen molar-refractivity contribution in [3.05, 3.63) is 0 Å². The third kappa shape index (κ3) is 2.98. The van der Waals surface area contributed by atoms with Gasteiger partial charge in [-0.15, -0.1) is 0 Å². The largest absolute Gasteiger partial charge is 0.333 e. The summed E-state index contributed by atoms with van der Waals surface area (Å²) in [4.78, 5) is 9.50. The van der Waals surface area contributed by atoms with Crippen LogP contribution < -0.4 is 0 Å². The van der Waals surface area contributed by atoms with Crippen LogP contribution in [0.25, 0.3) is 0 Å². The highest BCUT2D eigenvalue weighted by atomic mass is 35.7. The van der Waals surface area contributed by atoms with E-state index in [1.807, 2.05) is 0 Å². The molecule has 84 valence electrons. The van der Waals surface area contributed by atoms with Crippen LogP contribution in [0.15, 0.2) is 0 Å². The van der Waals surface area contributed by atoms with E-state index in [-0.39, 0.29) is 5.66 Å². The second-order valence-corrected chi connectivity index (χ2v) is 8.14. The van der Waals surface area contributed by atoms with E-state index in [0.717, 1.165) is 19.3 Å². The van der Waals surface area contributed by atoms with Gasteiger partial charge in [0.15, 0.2) is 0 Å². The Morgan fingerprint density at radius 3 is 2.43 bits per heavy atom. The minimum atomic E-state index is -3.42. The maximum atomic E-state index is 11.6. The van der Waals surface area contributed by atoms with Crippen molar-refractivity contribution in [1.82, 2.24) is 0 Å². The predicted molar refractivity (Wildman–Crippen MR) is 60.8 cm³/mol. The van der Waals surface area contributed by atoms with Gasteiger partial charge in [-0.3, -0.25) is 4.57 Å². The van der Waals surface area contributed by atoms with E-state index in [1.54, 1.807) is 0 Å². The van der Waals surface area contributed by atoms with E-state index in [0.29, 0.717) is 17.8 Å². The topological polar surface area (TPSA) is 37.3 Å². The summed E-state index contributed by atoms with van der Waals surface area (Å²) in [6, 6.07) is 0. The molecule has 1 aliphatic rings. The van der Waals surface area contributed by atoms with Gasteiger partial charge in [0.05, 0.1) is 5.66 Å². The Kier molecular flexibility index (Phi) is 4.08. The normalized spacial score (nSPS) is 38.3. The molecule has 0 saturated heterocycles. The van der Waals surface area contributed by atoms with E-state index in [9.17, 15) is 9.46 Å². The molecular weight excluding hydrogens is 219 g/mol. The fraction of sp³-hybridized carbons (Fsp3) is 1.00. The molecule has 0 heterocycles. The molecule has 0 bridgehead atoms. The first-order chi connectivity index (χ1) is 6.32. The fourth-order valence-electron chi connectivity index (χ4n) is 2.52. The predicted octanol–water partition coefficient (Wildman–Crippen LogP) is 3.87. The van der Waals surface area contributed by atoms with Crippen LogP contribution in [-0.4, -0.2) is 10.6 Å². The monoisotopic (exact) mass is 238 g/mol. The molecule has 4 unspecified atom stereocenters. The Morgan fingerprint density at radius 1 is 1.43 bits per heavy atom. The van der Waals surface area contributed by atoms with Crippen molar-refractivity contribution in [3.63, 3.8) is 0 Å². The van der Waals surface area contributed by atoms with Gasteiger partial charge in [0.2, 0.25) is 0 Å². The lowest BCUT2D eigenvalue weighted by molar-refractivity contribution is 0.230. The molecule has 2 nitrogen and oxygen atoms in total. The van der Waals surface area contributed by atoms with Gasteiger partial charge >= 0.3 is 0 Å². The molecule has 0 spiro atoms. The van der Waals surface area contributed by atoms with Gasteiger partial charge in [0, 0.05) is 0 Å². The highest BCUT2D eigenvalue weighted by molar-refractivity contribution is 7.85. The van der Waals surface area contributed by atoms with Gasteiger partial charge in [0.25, 0.3) is 6.72 Å². The lowest BCUT2D eigenvalue weighted by Crippen LogP contribution is -2.31. The molecule has 4 heteroatoms. The van der Waals surface area contributed by atoms with Crippen molar-refractivity contribution < 1.29 is 9.46 Å². The van der Waals surface area contributed by atoms with Crippen LogP contribution in [0.4, 0.5) is 0 Å². The average Bonchev–Trinajstić information content (AvgIpc) is 2.01. The highest BCUT2D eigenvalue weighted by Gasteiger charge is 2.40. The zero-order valence-electron chi connectivity index (χ0n) is 9.11. The Morgan fingerprint density at radius 2 is 2.00 bits per heavy atom. The first-order valence-electron chi connectivity index (χ1n) is 5.34. The minimum Gasteiger partial charge on any atom is -0.333 e. The van der Waals surface area contributed by atoms with Crippen LogP contribution >= 0.6 is 18.0 Å². The second kappa shape index (κ2) is 4.55. The summed E-state index contributed by atoms with van der Waals surface area (Å²) in [6.07, 6.45) is 3.01. The smallest absolute Gasteiger partial charge is 0.290 e. The van der Waals surface area contributed by atoms with Gasteiger partial charge in [-0.25, -0.2) is 0 Å². The molecule has 1 N–H and O–H groups in total. The van der Waals surface area contributed by atoms with Crippen LogP contribution in [0.5, 0.6) is 0 Å². The summed E-state index contributed by atoms with van der Waals surface area (Å²) in [5.41, 5.74) is -0.187. The van der Waals surface area contributed by atoms with Crippen molar-refractivity contribution >= 4 is 18.0 Å². The van der Waals surface area contributed by atoms with Crippen molar-refractivity contribution in [3.8, 4) is 0 Å². The average molecular weight is 239 g/mol. The van der Waals surface area contributed by atoms with E-state index in [4.69, 9.17) is 11.2 Å². The van der Waals surface area contributed by atoms with Crippen LogP contribution in [0.1, 0.15) is 40.0 Å². The zero-order valence-corrected chi connectivity index (χ0v) is 10.8. The van der Waals surface area contributed by atoms with Crippen molar-refractivity contribution in [1.29, 1.82) is 0 Å². The zero-order chi connectivity index (χ0) is 10.9. The van der Waals surface area contributed by atoms with Gasteiger partial charge in [0.1, 0.15) is 0 Å². The molecule has 1 saturated carbocycles. The molecule has 0 amide bonds. The molecule has 1 fully saturated rings. The molecule has 1 rings (SSSR count). The van der Waals surface area contributed by atoms with E-state index >= 15 is 0 Å². The SMILES string of the molecule is CC1CCC(C(C)C)C(P(=O)(O)Cl)C1. The number of hydrogen-bond acceptors (Lipinski definition) is 1. The number of hydrogen-bond donors (Lipinski definition) is 1. The molecule has 0 radical (unpaired) electrons. The first kappa shape index (κ1) is 12.5. The summed E-state index contributed by atoms with van der Waals surface area (Å²) in [5.74, 6) is 1.31. The lowest BCUT2D eigenvalue weighted by Gasteiger charge is -2.37. The molecule has 0 aromatic rings. The van der Waals surface area contributed by atoms with Crippen LogP contribution in [0.3, 0.4) is 0 Å². The fourth-order valence-corrected chi connectivity index (χ4v) is 4.78. The Bertz CT molecular complexity index is 236. The maximum absolute atomic E-state index is 11.6. The second-order valence-electron chi connectivity index (χ2n) is 4.94. The standard InChI is InChI=1S/C10H20ClO2P/c1-7(2)9-5-4-8(3)6-10(9)14(11,12)13/h7-10H,4-6H2,1-3H3,(H,12,13).